The van der Waals surface area contributed by atoms with Gasteiger partial charge in [-0.15, -0.1) is 0 Å². The molecule has 152 valence electrons. The highest BCUT2D eigenvalue weighted by Crippen LogP contribution is 2.21. The summed E-state index contributed by atoms with van der Waals surface area (Å²) >= 11 is 5.79. The van der Waals surface area contributed by atoms with E-state index in [4.69, 9.17) is 11.6 Å². The van der Waals surface area contributed by atoms with Crippen LogP contribution >= 0.6 is 11.6 Å². The zero-order valence-corrected chi connectivity index (χ0v) is 17.0. The highest BCUT2D eigenvalue weighted by atomic mass is 35.5. The number of hydrogen-bond acceptors (Lipinski definition) is 4. The Labute approximate surface area is 173 Å². The predicted octanol–water partition coefficient (Wildman–Crippen LogP) is 4.11. The minimum atomic E-state index is -0.585. The number of halogens is 2. The summed E-state index contributed by atoms with van der Waals surface area (Å²) < 4.78 is 13.8. The first-order chi connectivity index (χ1) is 13.8. The van der Waals surface area contributed by atoms with Gasteiger partial charge < -0.3 is 10.6 Å². The van der Waals surface area contributed by atoms with Gasteiger partial charge in [-0.1, -0.05) is 17.7 Å². The van der Waals surface area contributed by atoms with Crippen LogP contribution in [-0.4, -0.2) is 40.8 Å². The van der Waals surface area contributed by atoms with Crippen LogP contribution in [0.5, 0.6) is 0 Å². The summed E-state index contributed by atoms with van der Waals surface area (Å²) in [5.41, 5.74) is 0.891. The molecule has 0 bridgehead atoms. The first kappa shape index (κ1) is 21.0. The predicted molar refractivity (Wildman–Crippen MR) is 112 cm³/mol. The lowest BCUT2D eigenvalue weighted by atomic mass is 10.1. The van der Waals surface area contributed by atoms with Gasteiger partial charge >= 0.3 is 0 Å². The topological polar surface area (TPSA) is 74.3 Å². The summed E-state index contributed by atoms with van der Waals surface area (Å²) in [6.45, 7) is 5.70. The summed E-state index contributed by atoms with van der Waals surface area (Å²) in [7, 11) is 0. The van der Waals surface area contributed by atoms with E-state index in [2.05, 4.69) is 34.4 Å². The minimum absolute atomic E-state index is 0.00955. The van der Waals surface area contributed by atoms with Gasteiger partial charge in [-0.05, 0) is 50.6 Å². The van der Waals surface area contributed by atoms with Crippen molar-refractivity contribution in [3.8, 4) is 0 Å². The quantitative estimate of drug-likeness (QED) is 0.769. The maximum absolute atomic E-state index is 13.8. The average molecular weight is 417 g/mol. The maximum Gasteiger partial charge on any atom is 0.259 e. The molecule has 6 nitrogen and oxygen atoms in total. The summed E-state index contributed by atoms with van der Waals surface area (Å²) in [5, 5.41) is 5.74. The van der Waals surface area contributed by atoms with E-state index < -0.39 is 11.7 Å². The largest absolute Gasteiger partial charge is 0.322 e. The van der Waals surface area contributed by atoms with E-state index in [1.165, 1.54) is 24.4 Å². The molecule has 2 amide bonds. The molecule has 1 aliphatic rings. The van der Waals surface area contributed by atoms with E-state index in [1.54, 1.807) is 6.07 Å². The van der Waals surface area contributed by atoms with Crippen LogP contribution in [0.15, 0.2) is 48.2 Å². The van der Waals surface area contributed by atoms with Crippen LogP contribution in [0.4, 0.5) is 15.9 Å². The molecule has 2 aromatic rings. The van der Waals surface area contributed by atoms with Crippen molar-refractivity contribution in [3.63, 3.8) is 0 Å². The number of aromatic nitrogens is 1. The molecule has 2 heterocycles. The third-order valence-corrected chi connectivity index (χ3v) is 4.93. The fourth-order valence-corrected chi connectivity index (χ4v) is 3.12. The molecule has 0 aliphatic carbocycles. The smallest absolute Gasteiger partial charge is 0.259 e. The molecule has 0 unspecified atom stereocenters. The third kappa shape index (κ3) is 5.40. The van der Waals surface area contributed by atoms with Crippen molar-refractivity contribution < 1.29 is 14.0 Å². The van der Waals surface area contributed by atoms with Crippen molar-refractivity contribution in [2.24, 2.45) is 0 Å². The number of hydrogen-bond donors (Lipinski definition) is 2. The molecule has 0 saturated heterocycles. The first-order valence-corrected chi connectivity index (χ1v) is 9.68. The Kier molecular flexibility index (Phi) is 6.61. The van der Waals surface area contributed by atoms with E-state index in [9.17, 15) is 14.0 Å². The lowest BCUT2D eigenvalue weighted by Gasteiger charge is -2.29. The number of nitrogens with zero attached hydrogens (tertiary/aromatic N) is 2. The number of carbonyl (C=O) groups excluding carboxylic acids is 2. The highest BCUT2D eigenvalue weighted by molar-refractivity contribution is 6.30. The van der Waals surface area contributed by atoms with E-state index in [1.807, 2.05) is 6.08 Å². The highest BCUT2D eigenvalue weighted by Gasteiger charge is 2.21. The number of nitrogens with one attached hydrogen (secondary N) is 2. The average Bonchev–Trinajstić information content (AvgIpc) is 2.71. The van der Waals surface area contributed by atoms with Crippen LogP contribution in [0.1, 0.15) is 30.6 Å². The van der Waals surface area contributed by atoms with Gasteiger partial charge in [0.2, 0.25) is 0 Å². The SMILES string of the molecule is CC(C)N1CC=C(C(=O)Nc2ccc(F)cc2C(=O)Nc2ccc(Cl)cn2)CC1. The Hall–Kier alpha value is -2.77. The Morgan fingerprint density at radius 2 is 1.97 bits per heavy atom. The molecule has 29 heavy (non-hydrogen) atoms. The van der Waals surface area contributed by atoms with Gasteiger partial charge in [0, 0.05) is 30.9 Å². The number of rotatable bonds is 5. The van der Waals surface area contributed by atoms with Gasteiger partial charge in [0.05, 0.1) is 16.3 Å². The molecule has 8 heteroatoms. The lowest BCUT2D eigenvalue weighted by molar-refractivity contribution is -0.113. The Morgan fingerprint density at radius 1 is 1.17 bits per heavy atom. The second-order valence-corrected chi connectivity index (χ2v) is 7.46. The van der Waals surface area contributed by atoms with Crippen molar-refractivity contribution in [3.05, 3.63) is 64.6 Å². The number of benzene rings is 1. The van der Waals surface area contributed by atoms with Crippen molar-refractivity contribution in [2.45, 2.75) is 26.3 Å². The Balaban J connectivity index is 1.75. The molecule has 1 aromatic heterocycles. The molecule has 0 spiro atoms. The zero-order chi connectivity index (χ0) is 21.0. The minimum Gasteiger partial charge on any atom is -0.322 e. The fourth-order valence-electron chi connectivity index (χ4n) is 3.01. The zero-order valence-electron chi connectivity index (χ0n) is 16.2. The van der Waals surface area contributed by atoms with Crippen molar-refractivity contribution in [1.29, 1.82) is 0 Å². The first-order valence-electron chi connectivity index (χ1n) is 9.30. The van der Waals surface area contributed by atoms with Gasteiger partial charge in [0.15, 0.2) is 0 Å². The number of anilines is 2. The van der Waals surface area contributed by atoms with Crippen LogP contribution in [0, 0.1) is 5.82 Å². The normalized spacial score (nSPS) is 14.4. The Morgan fingerprint density at radius 3 is 2.59 bits per heavy atom. The number of pyridine rings is 1. The fraction of sp³-hybridized carbons (Fsp3) is 0.286. The van der Waals surface area contributed by atoms with Crippen molar-refractivity contribution >= 4 is 34.9 Å². The molecular formula is C21H22ClFN4O2. The van der Waals surface area contributed by atoms with E-state index in [0.29, 0.717) is 29.6 Å². The van der Waals surface area contributed by atoms with E-state index in [-0.39, 0.29) is 23.0 Å². The van der Waals surface area contributed by atoms with Crippen LogP contribution in [0.25, 0.3) is 0 Å². The second kappa shape index (κ2) is 9.15. The molecule has 0 fully saturated rings. The molecule has 0 saturated carbocycles. The second-order valence-electron chi connectivity index (χ2n) is 7.03. The number of amides is 2. The maximum atomic E-state index is 13.8. The lowest BCUT2D eigenvalue weighted by Crippen LogP contribution is -2.36. The van der Waals surface area contributed by atoms with Gasteiger partial charge in [-0.25, -0.2) is 9.37 Å². The monoisotopic (exact) mass is 416 g/mol. The van der Waals surface area contributed by atoms with Crippen LogP contribution in [0.2, 0.25) is 5.02 Å². The van der Waals surface area contributed by atoms with Gasteiger partial charge in [-0.2, -0.15) is 0 Å². The molecule has 3 rings (SSSR count). The summed E-state index contributed by atoms with van der Waals surface area (Å²) in [6.07, 6.45) is 3.89. The number of carbonyl (C=O) groups is 2. The molecule has 1 aromatic carbocycles. The van der Waals surface area contributed by atoms with Crippen LogP contribution in [0.3, 0.4) is 0 Å². The van der Waals surface area contributed by atoms with Crippen molar-refractivity contribution in [2.75, 3.05) is 23.7 Å². The summed E-state index contributed by atoms with van der Waals surface area (Å²) in [6, 6.07) is 7.17. The third-order valence-electron chi connectivity index (χ3n) is 4.71. The standard InChI is InChI=1S/C21H22ClFN4O2/c1-13(2)27-9-7-14(8-10-27)20(28)25-18-5-4-16(23)11-17(18)21(29)26-19-6-3-15(22)12-24-19/h3-7,11-13H,8-10H2,1-2H3,(H,25,28)(H,24,26,29). The van der Waals surface area contributed by atoms with Crippen LogP contribution in [-0.2, 0) is 4.79 Å². The van der Waals surface area contributed by atoms with Gasteiger partial charge in [-0.3, -0.25) is 14.5 Å². The van der Waals surface area contributed by atoms with E-state index in [0.717, 1.165) is 12.6 Å². The molecule has 1 aliphatic heterocycles. The van der Waals surface area contributed by atoms with Gasteiger partial charge in [0.25, 0.3) is 11.8 Å². The van der Waals surface area contributed by atoms with Crippen LogP contribution < -0.4 is 10.6 Å². The molecule has 0 atom stereocenters. The Bertz CT molecular complexity index is 944. The van der Waals surface area contributed by atoms with Crippen molar-refractivity contribution in [1.82, 2.24) is 9.88 Å². The summed E-state index contributed by atoms with van der Waals surface area (Å²) in [4.78, 5) is 31.5. The van der Waals surface area contributed by atoms with E-state index >= 15 is 0 Å². The summed E-state index contributed by atoms with van der Waals surface area (Å²) in [5.74, 6) is -1.19. The van der Waals surface area contributed by atoms with Gasteiger partial charge in [0.1, 0.15) is 11.6 Å². The molecular weight excluding hydrogens is 395 g/mol. The molecule has 0 radical (unpaired) electrons. The molecule has 2 N–H and O–H groups in total.